The van der Waals surface area contributed by atoms with Crippen molar-refractivity contribution < 1.29 is 0 Å². The minimum Gasteiger partial charge on any atom is -0.369 e. The van der Waals surface area contributed by atoms with Gasteiger partial charge in [0.25, 0.3) is 0 Å². The molecule has 0 fully saturated rings. The number of aliphatic imine (C=N–C) groups is 4. The zero-order chi connectivity index (χ0) is 22.9. The molecule has 30 heavy (non-hydrogen) atoms. The van der Waals surface area contributed by atoms with E-state index in [2.05, 4.69) is 20.0 Å². The molecule has 2 aliphatic rings. The van der Waals surface area contributed by atoms with Crippen LogP contribution >= 0.6 is 11.6 Å². The summed E-state index contributed by atoms with van der Waals surface area (Å²) < 4.78 is 0. The molecule has 0 saturated carbocycles. The normalized spacial score (nSPS) is 19.9. The number of anilines is 1. The second-order valence-corrected chi connectivity index (χ2v) is 8.58. The third-order valence-corrected chi connectivity index (χ3v) is 4.70. The van der Waals surface area contributed by atoms with Crippen LogP contribution in [0.5, 0.6) is 0 Å². The Morgan fingerprint density at radius 3 is 1.70 bits per heavy atom. The van der Waals surface area contributed by atoms with Crippen molar-refractivity contribution in [3.8, 4) is 0 Å². The first-order valence-electron chi connectivity index (χ1n) is 9.48. The highest BCUT2D eigenvalue weighted by Crippen LogP contribution is 2.28. The molecule has 1 aromatic rings. The van der Waals surface area contributed by atoms with Crippen LogP contribution in [0.2, 0.25) is 5.02 Å². The fourth-order valence-corrected chi connectivity index (χ4v) is 3.67. The number of guanidine groups is 4. The Morgan fingerprint density at radius 2 is 1.27 bits per heavy atom. The third kappa shape index (κ3) is 5.12. The minimum absolute atomic E-state index is 0.192. The van der Waals surface area contributed by atoms with Crippen molar-refractivity contribution in [2.24, 2.45) is 42.9 Å². The molecule has 2 heterocycles. The summed E-state index contributed by atoms with van der Waals surface area (Å²) in [7, 11) is 0. The first-order valence-corrected chi connectivity index (χ1v) is 9.86. The van der Waals surface area contributed by atoms with Crippen molar-refractivity contribution in [1.82, 2.24) is 4.90 Å². The van der Waals surface area contributed by atoms with Crippen LogP contribution in [0.25, 0.3) is 0 Å². The van der Waals surface area contributed by atoms with Crippen LogP contribution in [-0.4, -0.2) is 46.1 Å². The highest BCUT2D eigenvalue weighted by Gasteiger charge is 2.34. The maximum absolute atomic E-state index is 5.90. The molecular formula is C19H31ClN10. The molecule has 0 bridgehead atoms. The van der Waals surface area contributed by atoms with Crippen molar-refractivity contribution in [2.45, 2.75) is 58.9 Å². The highest BCUT2D eigenvalue weighted by atomic mass is 35.5. The van der Waals surface area contributed by atoms with E-state index in [1.807, 2.05) is 58.6 Å². The Balaban J connectivity index is 0.000000222. The van der Waals surface area contributed by atoms with Gasteiger partial charge in [-0.05, 0) is 65.8 Å². The summed E-state index contributed by atoms with van der Waals surface area (Å²) >= 11 is 5.85. The Bertz CT molecular complexity index is 896. The fraction of sp³-hybridized carbons (Fsp3) is 0.474. The molecule has 0 atom stereocenters. The third-order valence-electron chi connectivity index (χ3n) is 4.45. The molecule has 1 aromatic carbocycles. The lowest BCUT2D eigenvalue weighted by molar-refractivity contribution is 0.179. The molecule has 0 unspecified atom stereocenters. The Hall–Kier alpha value is -3.01. The minimum atomic E-state index is -0.566. The highest BCUT2D eigenvalue weighted by molar-refractivity contribution is 6.30. The maximum atomic E-state index is 5.90. The molecule has 0 aromatic heterocycles. The molecule has 2 aliphatic heterocycles. The molecule has 11 heteroatoms. The van der Waals surface area contributed by atoms with Gasteiger partial charge in [0.1, 0.15) is 11.3 Å². The van der Waals surface area contributed by atoms with E-state index in [0.717, 1.165) is 5.69 Å². The van der Waals surface area contributed by atoms with Gasteiger partial charge in [0.05, 0.1) is 0 Å². The van der Waals surface area contributed by atoms with Gasteiger partial charge in [0, 0.05) is 16.8 Å². The Kier molecular flexibility index (Phi) is 6.51. The number of rotatable bonds is 2. The molecule has 0 saturated heterocycles. The zero-order valence-electron chi connectivity index (χ0n) is 18.3. The molecule has 0 aliphatic carbocycles. The lowest BCUT2D eigenvalue weighted by atomic mass is 10.1. The number of hydrogen-bond acceptors (Lipinski definition) is 10. The Labute approximate surface area is 182 Å². The molecule has 3 rings (SSSR count). The van der Waals surface area contributed by atoms with Gasteiger partial charge in [-0.3, -0.25) is 4.90 Å². The smallest absolute Gasteiger partial charge is 0.220 e. The van der Waals surface area contributed by atoms with Crippen LogP contribution in [0.3, 0.4) is 0 Å². The van der Waals surface area contributed by atoms with E-state index < -0.39 is 11.3 Å². The number of benzene rings is 1. The first-order chi connectivity index (χ1) is 13.7. The van der Waals surface area contributed by atoms with Crippen molar-refractivity contribution in [3.05, 3.63) is 29.3 Å². The van der Waals surface area contributed by atoms with Crippen molar-refractivity contribution in [3.63, 3.8) is 0 Å². The second kappa shape index (κ2) is 8.39. The predicted octanol–water partition coefficient (Wildman–Crippen LogP) is 1.60. The number of halogens is 1. The zero-order valence-corrected chi connectivity index (χ0v) is 19.0. The van der Waals surface area contributed by atoms with E-state index in [9.17, 15) is 0 Å². The number of hydrogen-bond donors (Lipinski definition) is 4. The molecule has 0 radical (unpaired) electrons. The molecule has 10 nitrogen and oxygen atoms in total. The number of nitrogens with zero attached hydrogens (tertiary/aromatic N) is 6. The monoisotopic (exact) mass is 434 g/mol. The standard InChI is InChI=1S/C11H14ClN5.C8H17N5/c1-11(2)16-9(13)15-10(14)17(11)8-5-3-7(12)4-6-8;1-5(2)13-7(10)11-6(9)12-8(13,3)4/h3-6H,1-2H3,(H4,13,14,15,16);5H,1-4H3,(H4,9,10,11,12). The van der Waals surface area contributed by atoms with E-state index >= 15 is 0 Å². The van der Waals surface area contributed by atoms with Crippen LogP contribution < -0.4 is 27.8 Å². The van der Waals surface area contributed by atoms with Crippen LogP contribution in [0.1, 0.15) is 41.5 Å². The van der Waals surface area contributed by atoms with Gasteiger partial charge in [0.15, 0.2) is 0 Å². The maximum Gasteiger partial charge on any atom is 0.220 e. The number of nitrogens with two attached hydrogens (primary N) is 4. The predicted molar refractivity (Wildman–Crippen MR) is 126 cm³/mol. The van der Waals surface area contributed by atoms with Gasteiger partial charge in [0.2, 0.25) is 23.8 Å². The van der Waals surface area contributed by atoms with Gasteiger partial charge in [-0.15, -0.1) is 0 Å². The quantitative estimate of drug-likeness (QED) is 0.552. The lowest BCUT2D eigenvalue weighted by Crippen LogP contribution is -2.56. The van der Waals surface area contributed by atoms with Gasteiger partial charge in [-0.2, -0.15) is 9.98 Å². The topological polar surface area (TPSA) is 160 Å². The van der Waals surface area contributed by atoms with Crippen LogP contribution in [0, 0.1) is 0 Å². The van der Waals surface area contributed by atoms with Crippen molar-refractivity contribution in [2.75, 3.05) is 4.90 Å². The summed E-state index contributed by atoms with van der Waals surface area (Å²) in [6.07, 6.45) is 0. The summed E-state index contributed by atoms with van der Waals surface area (Å²) in [5, 5.41) is 0.669. The van der Waals surface area contributed by atoms with Gasteiger partial charge in [-0.25, -0.2) is 9.98 Å². The van der Waals surface area contributed by atoms with Gasteiger partial charge < -0.3 is 27.8 Å². The van der Waals surface area contributed by atoms with Crippen molar-refractivity contribution in [1.29, 1.82) is 0 Å². The van der Waals surface area contributed by atoms with Crippen molar-refractivity contribution >= 4 is 41.1 Å². The molecular weight excluding hydrogens is 404 g/mol. The Morgan fingerprint density at radius 1 is 0.800 bits per heavy atom. The first kappa shape index (κ1) is 23.3. The SMILES string of the molecule is CC(C)N1C(N)=NC(N)=NC1(C)C.CC1(C)N=C(N)N=C(N)N1c1ccc(Cl)cc1. The van der Waals surface area contributed by atoms with Gasteiger partial charge >= 0.3 is 0 Å². The average Bonchev–Trinajstić information content (AvgIpc) is 2.53. The summed E-state index contributed by atoms with van der Waals surface area (Å²) in [4.78, 5) is 20.1. The van der Waals surface area contributed by atoms with Crippen LogP contribution in [0.4, 0.5) is 5.69 Å². The summed E-state index contributed by atoms with van der Waals surface area (Å²) in [6.45, 7) is 11.8. The molecule has 164 valence electrons. The second-order valence-electron chi connectivity index (χ2n) is 8.14. The van der Waals surface area contributed by atoms with E-state index in [-0.39, 0.29) is 18.0 Å². The van der Waals surface area contributed by atoms with E-state index in [1.165, 1.54) is 0 Å². The lowest BCUT2D eigenvalue weighted by Gasteiger charge is -2.41. The van der Waals surface area contributed by atoms with Gasteiger partial charge in [-0.1, -0.05) is 11.6 Å². The van der Waals surface area contributed by atoms with E-state index in [0.29, 0.717) is 16.9 Å². The summed E-state index contributed by atoms with van der Waals surface area (Å²) in [5.41, 5.74) is 22.7. The summed E-state index contributed by atoms with van der Waals surface area (Å²) in [5.74, 6) is 1.20. The van der Waals surface area contributed by atoms with E-state index in [1.54, 1.807) is 17.0 Å². The molecule has 0 amide bonds. The largest absolute Gasteiger partial charge is 0.369 e. The summed E-state index contributed by atoms with van der Waals surface area (Å²) in [6, 6.07) is 7.58. The van der Waals surface area contributed by atoms with E-state index in [4.69, 9.17) is 34.5 Å². The van der Waals surface area contributed by atoms with Crippen LogP contribution in [-0.2, 0) is 0 Å². The average molecular weight is 435 g/mol. The molecule has 8 N–H and O–H groups in total. The fourth-order valence-electron chi connectivity index (χ4n) is 3.55. The van der Waals surface area contributed by atoms with Crippen LogP contribution in [0.15, 0.2) is 44.2 Å². The molecule has 0 spiro atoms.